The fourth-order valence-corrected chi connectivity index (χ4v) is 1.82. The molecule has 24 heavy (non-hydrogen) atoms. The predicted molar refractivity (Wildman–Crippen MR) is 91.4 cm³/mol. The first-order valence-corrected chi connectivity index (χ1v) is 7.32. The molecule has 0 bridgehead atoms. The van der Waals surface area contributed by atoms with E-state index in [4.69, 9.17) is 22.1 Å². The first kappa shape index (κ1) is 17.2. The molecule has 0 aliphatic carbocycles. The SMILES string of the molecule is O=C(COc1ccccc1)NC(=S)NNC(=O)c1ccc(O)cc1. The van der Waals surface area contributed by atoms with Crippen LogP contribution >= 0.6 is 12.2 Å². The third kappa shape index (κ3) is 5.58. The molecule has 0 saturated carbocycles. The Kier molecular flexibility index (Phi) is 6.09. The number of nitrogens with one attached hydrogen (secondary N) is 3. The summed E-state index contributed by atoms with van der Waals surface area (Å²) in [5.41, 5.74) is 5.06. The lowest BCUT2D eigenvalue weighted by atomic mass is 10.2. The number of rotatable bonds is 4. The Hall–Kier alpha value is -3.13. The molecule has 0 radical (unpaired) electrons. The number of hydrogen-bond donors (Lipinski definition) is 4. The third-order valence-electron chi connectivity index (χ3n) is 2.79. The summed E-state index contributed by atoms with van der Waals surface area (Å²) in [6.45, 7) is -0.211. The molecule has 0 saturated heterocycles. The summed E-state index contributed by atoms with van der Waals surface area (Å²) in [6, 6.07) is 14.5. The van der Waals surface area contributed by atoms with Crippen molar-refractivity contribution in [2.45, 2.75) is 0 Å². The average Bonchev–Trinajstić information content (AvgIpc) is 2.59. The number of para-hydroxylation sites is 1. The van der Waals surface area contributed by atoms with E-state index in [1.165, 1.54) is 24.3 Å². The number of benzene rings is 2. The van der Waals surface area contributed by atoms with Gasteiger partial charge >= 0.3 is 0 Å². The smallest absolute Gasteiger partial charge is 0.269 e. The Morgan fingerprint density at radius 1 is 1.00 bits per heavy atom. The zero-order valence-electron chi connectivity index (χ0n) is 12.5. The van der Waals surface area contributed by atoms with Gasteiger partial charge in [0.2, 0.25) is 0 Å². The zero-order chi connectivity index (χ0) is 17.4. The molecule has 4 N–H and O–H groups in total. The maximum atomic E-state index is 11.8. The highest BCUT2D eigenvalue weighted by molar-refractivity contribution is 7.80. The van der Waals surface area contributed by atoms with Crippen LogP contribution < -0.4 is 20.9 Å². The molecule has 0 spiro atoms. The summed E-state index contributed by atoms with van der Waals surface area (Å²) in [4.78, 5) is 23.5. The quantitative estimate of drug-likeness (QED) is 0.489. The summed E-state index contributed by atoms with van der Waals surface area (Å²) < 4.78 is 5.26. The molecule has 0 heterocycles. The average molecular weight is 345 g/mol. The van der Waals surface area contributed by atoms with Crippen LogP contribution in [0.5, 0.6) is 11.5 Å². The van der Waals surface area contributed by atoms with Crippen LogP contribution in [0.2, 0.25) is 0 Å². The van der Waals surface area contributed by atoms with Gasteiger partial charge in [0.15, 0.2) is 11.7 Å². The molecule has 0 aliphatic rings. The largest absolute Gasteiger partial charge is 0.508 e. The number of carbonyl (C=O) groups is 2. The molecule has 0 aromatic heterocycles. The van der Waals surface area contributed by atoms with Gasteiger partial charge in [0.05, 0.1) is 0 Å². The molecule has 2 aromatic carbocycles. The molecular formula is C16H15N3O4S. The van der Waals surface area contributed by atoms with Crippen molar-refractivity contribution in [3.63, 3.8) is 0 Å². The van der Waals surface area contributed by atoms with Crippen LogP contribution in [0.25, 0.3) is 0 Å². The van der Waals surface area contributed by atoms with Gasteiger partial charge in [-0.25, -0.2) is 0 Å². The number of carbonyl (C=O) groups excluding carboxylic acids is 2. The standard InChI is InChI=1S/C16H15N3O4S/c20-12-8-6-11(7-9-12)15(22)18-19-16(24)17-14(21)10-23-13-4-2-1-3-5-13/h1-9,20H,10H2,(H,18,22)(H2,17,19,21,24). The Bertz CT molecular complexity index is 720. The maximum absolute atomic E-state index is 11.8. The van der Waals surface area contributed by atoms with Crippen molar-refractivity contribution in [3.05, 3.63) is 60.2 Å². The second-order valence-electron chi connectivity index (χ2n) is 4.61. The predicted octanol–water partition coefficient (Wildman–Crippen LogP) is 1.11. The number of amides is 2. The minimum Gasteiger partial charge on any atom is -0.508 e. The fourth-order valence-electron chi connectivity index (χ4n) is 1.66. The van der Waals surface area contributed by atoms with Crippen LogP contribution in [0.1, 0.15) is 10.4 Å². The second-order valence-corrected chi connectivity index (χ2v) is 5.01. The molecule has 8 heteroatoms. The number of aromatic hydroxyl groups is 1. The van der Waals surface area contributed by atoms with Gasteiger partial charge in [0.25, 0.3) is 11.8 Å². The van der Waals surface area contributed by atoms with E-state index in [1.807, 2.05) is 6.07 Å². The lowest BCUT2D eigenvalue weighted by Gasteiger charge is -2.11. The van der Waals surface area contributed by atoms with Crippen molar-refractivity contribution in [2.75, 3.05) is 6.61 Å². The molecule has 0 fully saturated rings. The summed E-state index contributed by atoms with van der Waals surface area (Å²) >= 11 is 4.90. The summed E-state index contributed by atoms with van der Waals surface area (Å²) in [5, 5.41) is 11.5. The van der Waals surface area contributed by atoms with Crippen molar-refractivity contribution < 1.29 is 19.4 Å². The van der Waals surface area contributed by atoms with Crippen LogP contribution in [-0.2, 0) is 4.79 Å². The molecule has 0 atom stereocenters. The Morgan fingerprint density at radius 2 is 1.67 bits per heavy atom. The number of phenolic OH excluding ortho intramolecular Hbond substituents is 1. The van der Waals surface area contributed by atoms with Gasteiger partial charge < -0.3 is 9.84 Å². The second kappa shape index (κ2) is 8.49. The van der Waals surface area contributed by atoms with Crippen molar-refractivity contribution in [3.8, 4) is 11.5 Å². The molecule has 2 amide bonds. The summed E-state index contributed by atoms with van der Waals surface area (Å²) in [5.74, 6) is -0.310. The van der Waals surface area contributed by atoms with Gasteiger partial charge in [-0.1, -0.05) is 18.2 Å². The van der Waals surface area contributed by atoms with E-state index >= 15 is 0 Å². The van der Waals surface area contributed by atoms with Gasteiger partial charge in [-0.3, -0.25) is 25.8 Å². The highest BCUT2D eigenvalue weighted by atomic mass is 32.1. The first-order chi connectivity index (χ1) is 11.5. The van der Waals surface area contributed by atoms with Gasteiger partial charge in [0, 0.05) is 5.56 Å². The van der Waals surface area contributed by atoms with Crippen molar-refractivity contribution >= 4 is 29.1 Å². The normalized spacial score (nSPS) is 9.67. The van der Waals surface area contributed by atoms with Crippen LogP contribution in [0.4, 0.5) is 0 Å². The van der Waals surface area contributed by atoms with Crippen LogP contribution in [0.3, 0.4) is 0 Å². The molecule has 124 valence electrons. The van der Waals surface area contributed by atoms with E-state index in [1.54, 1.807) is 24.3 Å². The van der Waals surface area contributed by atoms with Crippen LogP contribution in [0, 0.1) is 0 Å². The van der Waals surface area contributed by atoms with Crippen molar-refractivity contribution in [2.24, 2.45) is 0 Å². The molecule has 2 aromatic rings. The lowest BCUT2D eigenvalue weighted by Crippen LogP contribution is -2.49. The van der Waals surface area contributed by atoms with Crippen LogP contribution in [-0.4, -0.2) is 28.6 Å². The van der Waals surface area contributed by atoms with Gasteiger partial charge in [-0.2, -0.15) is 0 Å². The maximum Gasteiger partial charge on any atom is 0.269 e. The van der Waals surface area contributed by atoms with E-state index in [9.17, 15) is 9.59 Å². The molecule has 0 aliphatic heterocycles. The van der Waals surface area contributed by atoms with Gasteiger partial charge in [-0.15, -0.1) is 0 Å². The number of ether oxygens (including phenoxy) is 1. The van der Waals surface area contributed by atoms with Gasteiger partial charge in [0.1, 0.15) is 11.5 Å². The number of phenols is 1. The monoisotopic (exact) mass is 345 g/mol. The van der Waals surface area contributed by atoms with Crippen molar-refractivity contribution in [1.29, 1.82) is 0 Å². The van der Waals surface area contributed by atoms with Crippen LogP contribution in [0.15, 0.2) is 54.6 Å². The summed E-state index contributed by atoms with van der Waals surface area (Å²) in [7, 11) is 0. The fraction of sp³-hybridized carbons (Fsp3) is 0.0625. The Morgan fingerprint density at radius 3 is 2.33 bits per heavy atom. The third-order valence-corrected chi connectivity index (χ3v) is 2.99. The first-order valence-electron chi connectivity index (χ1n) is 6.91. The van der Waals surface area contributed by atoms with Crippen molar-refractivity contribution in [1.82, 2.24) is 16.2 Å². The van der Waals surface area contributed by atoms with E-state index < -0.39 is 11.8 Å². The Labute approximate surface area is 143 Å². The zero-order valence-corrected chi connectivity index (χ0v) is 13.3. The highest BCUT2D eigenvalue weighted by Gasteiger charge is 2.08. The number of hydrogen-bond acceptors (Lipinski definition) is 5. The topological polar surface area (TPSA) is 99.7 Å². The molecule has 2 rings (SSSR count). The summed E-state index contributed by atoms with van der Waals surface area (Å²) in [6.07, 6.45) is 0. The Balaban J connectivity index is 1.71. The minimum atomic E-state index is -0.466. The minimum absolute atomic E-state index is 0.0562. The van der Waals surface area contributed by atoms with Gasteiger partial charge in [-0.05, 0) is 48.6 Å². The molecule has 7 nitrogen and oxygen atoms in total. The molecular weight excluding hydrogens is 330 g/mol. The number of thiocarbonyl (C=S) groups is 1. The lowest BCUT2D eigenvalue weighted by molar-refractivity contribution is -0.121. The molecule has 0 unspecified atom stereocenters. The van der Waals surface area contributed by atoms with E-state index in [0.717, 1.165) is 0 Å². The van der Waals surface area contributed by atoms with E-state index in [0.29, 0.717) is 11.3 Å². The van der Waals surface area contributed by atoms with E-state index in [-0.39, 0.29) is 17.5 Å². The highest BCUT2D eigenvalue weighted by Crippen LogP contribution is 2.09. The van der Waals surface area contributed by atoms with E-state index in [2.05, 4.69) is 16.2 Å². The number of hydrazine groups is 1.